The molecule has 0 saturated carbocycles. The van der Waals surface area contributed by atoms with Crippen LogP contribution < -0.4 is 4.90 Å². The van der Waals surface area contributed by atoms with Gasteiger partial charge >= 0.3 is 0 Å². The number of benzene rings is 12. The summed E-state index contributed by atoms with van der Waals surface area (Å²) in [5, 5.41) is 4.84. The average Bonchev–Trinajstić information content (AvgIpc) is 1.98. The third-order valence-corrected chi connectivity index (χ3v) is 18.7. The first-order chi connectivity index (χ1) is 42.0. The lowest BCUT2D eigenvalue weighted by Crippen LogP contribution is -2.28. The molecule has 14 aromatic rings. The molecule has 3 aliphatic carbocycles. The molecule has 0 radical (unpaired) electrons. The standard InChI is InChI=1S/C82H57N3/c1-3-54-28-30-57(31-29-54)59-34-42-69-67-41-27-53(2)47-75(67)82(76(69)49-59)74-25-15-13-23-66(74)68-43-35-60(50-77(68)82)58-36-45-79-72(48-58)73-51-64(40-46-80(73)84(79)61-19-9-5-10-20-61)83(63-37-32-56(33-38-63)55-17-7-4-8-18-55)65-39-44-71-70-24-14-16-26-78(70)85(81(71)52-65)62-21-11-6-12-22-62/h3-46,48-53H,1,47H2,2H3. The third kappa shape index (κ3) is 7.46. The summed E-state index contributed by atoms with van der Waals surface area (Å²) in [4.78, 5) is 2.44. The van der Waals surface area contributed by atoms with Gasteiger partial charge in [0, 0.05) is 50.0 Å². The zero-order chi connectivity index (χ0) is 56.3. The van der Waals surface area contributed by atoms with E-state index in [1.165, 1.54) is 105 Å². The summed E-state index contributed by atoms with van der Waals surface area (Å²) in [6.45, 7) is 6.41. The maximum Gasteiger partial charge on any atom is 0.0689 e. The Kier molecular flexibility index (Phi) is 11.0. The van der Waals surface area contributed by atoms with Crippen LogP contribution in [-0.4, -0.2) is 9.13 Å². The Hall–Kier alpha value is -10.7. The number of rotatable bonds is 9. The van der Waals surface area contributed by atoms with Crippen molar-refractivity contribution in [3.8, 4) is 55.9 Å². The fourth-order valence-corrected chi connectivity index (χ4v) is 14.8. The van der Waals surface area contributed by atoms with E-state index in [1.54, 1.807) is 0 Å². The second-order valence-electron chi connectivity index (χ2n) is 23.3. The molecular weight excluding hydrogens is 1030 g/mol. The highest BCUT2D eigenvalue weighted by Gasteiger charge is 2.53. The molecule has 3 nitrogen and oxygen atoms in total. The van der Waals surface area contributed by atoms with Gasteiger partial charge in [-0.25, -0.2) is 0 Å². The number of hydrogen-bond acceptors (Lipinski definition) is 1. The van der Waals surface area contributed by atoms with Gasteiger partial charge in [0.05, 0.1) is 27.5 Å². The van der Waals surface area contributed by atoms with Crippen molar-refractivity contribution in [1.29, 1.82) is 0 Å². The summed E-state index contributed by atoms with van der Waals surface area (Å²) in [6.07, 6.45) is 7.75. The molecule has 85 heavy (non-hydrogen) atoms. The van der Waals surface area contributed by atoms with Crippen LogP contribution in [0.5, 0.6) is 0 Å². The van der Waals surface area contributed by atoms with Gasteiger partial charge in [-0.15, -0.1) is 0 Å². The molecule has 400 valence electrons. The van der Waals surface area contributed by atoms with Crippen LogP contribution in [-0.2, 0) is 5.41 Å². The van der Waals surface area contributed by atoms with E-state index in [2.05, 4.69) is 319 Å². The summed E-state index contributed by atoms with van der Waals surface area (Å²) < 4.78 is 4.86. The first kappa shape index (κ1) is 48.9. The van der Waals surface area contributed by atoms with Crippen LogP contribution in [0.1, 0.15) is 41.2 Å². The first-order valence-electron chi connectivity index (χ1n) is 29.7. The Morgan fingerprint density at radius 1 is 0.388 bits per heavy atom. The number of anilines is 3. The van der Waals surface area contributed by atoms with Crippen LogP contribution in [0, 0.1) is 5.92 Å². The second-order valence-corrected chi connectivity index (χ2v) is 23.3. The van der Waals surface area contributed by atoms with Gasteiger partial charge in [-0.2, -0.15) is 0 Å². The Labute approximate surface area is 495 Å². The summed E-state index contributed by atoms with van der Waals surface area (Å²) >= 11 is 0. The molecule has 2 aromatic heterocycles. The van der Waals surface area contributed by atoms with E-state index in [-0.39, 0.29) is 0 Å². The first-order valence-corrected chi connectivity index (χ1v) is 29.7. The van der Waals surface area contributed by atoms with Crippen LogP contribution in [0.2, 0.25) is 0 Å². The predicted octanol–water partition coefficient (Wildman–Crippen LogP) is 21.7. The fourth-order valence-electron chi connectivity index (χ4n) is 14.8. The molecule has 2 unspecified atom stereocenters. The smallest absolute Gasteiger partial charge is 0.0689 e. The molecule has 3 aliphatic rings. The predicted molar refractivity (Wildman–Crippen MR) is 358 cm³/mol. The zero-order valence-electron chi connectivity index (χ0n) is 47.1. The molecule has 17 rings (SSSR count). The van der Waals surface area contributed by atoms with E-state index in [0.717, 1.165) is 57.0 Å². The number of aromatic nitrogens is 2. The lowest BCUT2D eigenvalue weighted by atomic mass is 9.66. The van der Waals surface area contributed by atoms with Crippen molar-refractivity contribution in [2.45, 2.75) is 18.8 Å². The summed E-state index contributed by atoms with van der Waals surface area (Å²) in [7, 11) is 0. The Morgan fingerprint density at radius 3 is 1.64 bits per heavy atom. The normalized spacial score (nSPS) is 15.7. The summed E-state index contributed by atoms with van der Waals surface area (Å²) in [6, 6.07) is 104. The lowest BCUT2D eigenvalue weighted by molar-refractivity contribution is 0.631. The van der Waals surface area contributed by atoms with E-state index in [1.807, 2.05) is 6.08 Å². The van der Waals surface area contributed by atoms with E-state index in [4.69, 9.17) is 0 Å². The molecule has 2 heterocycles. The van der Waals surface area contributed by atoms with E-state index >= 15 is 0 Å². The van der Waals surface area contributed by atoms with Gasteiger partial charge in [0.2, 0.25) is 0 Å². The van der Waals surface area contributed by atoms with Crippen LogP contribution >= 0.6 is 0 Å². The quantitative estimate of drug-likeness (QED) is 0.140. The molecule has 0 N–H and O–H groups in total. The van der Waals surface area contributed by atoms with E-state index in [9.17, 15) is 0 Å². The zero-order valence-corrected chi connectivity index (χ0v) is 47.1. The minimum absolute atomic E-state index is 0.415. The van der Waals surface area contributed by atoms with Crippen molar-refractivity contribution in [3.63, 3.8) is 0 Å². The monoisotopic (exact) mass is 1080 g/mol. The Balaban J connectivity index is 0.868. The topological polar surface area (TPSA) is 13.1 Å². The molecule has 0 amide bonds. The molecule has 0 fully saturated rings. The molecule has 0 aliphatic heterocycles. The van der Waals surface area contributed by atoms with Gasteiger partial charge in [0.25, 0.3) is 0 Å². The van der Waals surface area contributed by atoms with Gasteiger partial charge in [-0.3, -0.25) is 0 Å². The van der Waals surface area contributed by atoms with Gasteiger partial charge in [-0.05, 0) is 193 Å². The fraction of sp³-hybridized carbons (Fsp3) is 0.0488. The highest BCUT2D eigenvalue weighted by atomic mass is 15.1. The van der Waals surface area contributed by atoms with Gasteiger partial charge < -0.3 is 14.0 Å². The minimum atomic E-state index is -0.452. The van der Waals surface area contributed by atoms with Crippen molar-refractivity contribution in [1.82, 2.24) is 9.13 Å². The molecule has 12 aromatic carbocycles. The average molecular weight is 1080 g/mol. The highest BCUT2D eigenvalue weighted by molar-refractivity contribution is 6.13. The second kappa shape index (κ2) is 19.2. The SMILES string of the molecule is C=Cc1ccc(-c2ccc3c(c2)C2(C4=C3C=CC(C)C4)c3ccccc3-c3ccc(-c4ccc5c(c4)c4cc(N(c6ccc(-c7ccccc7)cc6)c6ccc7c8ccccc8n(-c8ccccc8)c7c6)ccc4n5-c4ccccc4)cc32)cc1. The Morgan fingerprint density at radius 2 is 0.882 bits per heavy atom. The number of nitrogens with zero attached hydrogens (tertiary/aromatic N) is 3. The molecule has 3 heteroatoms. The van der Waals surface area contributed by atoms with Crippen LogP contribution in [0.15, 0.2) is 303 Å². The summed E-state index contributed by atoms with van der Waals surface area (Å²) in [5.41, 5.74) is 29.0. The minimum Gasteiger partial charge on any atom is -0.310 e. The van der Waals surface area contributed by atoms with Crippen molar-refractivity contribution in [2.24, 2.45) is 5.92 Å². The lowest BCUT2D eigenvalue weighted by Gasteiger charge is -2.35. The Bertz CT molecular complexity index is 5100. The van der Waals surface area contributed by atoms with E-state index < -0.39 is 5.41 Å². The van der Waals surface area contributed by atoms with Crippen molar-refractivity contribution in [2.75, 3.05) is 4.90 Å². The maximum atomic E-state index is 4.04. The third-order valence-electron chi connectivity index (χ3n) is 18.7. The van der Waals surface area contributed by atoms with Crippen LogP contribution in [0.25, 0.3) is 111 Å². The molecule has 0 bridgehead atoms. The molecule has 1 spiro atoms. The van der Waals surface area contributed by atoms with Gasteiger partial charge in [0.15, 0.2) is 0 Å². The van der Waals surface area contributed by atoms with Crippen LogP contribution in [0.4, 0.5) is 17.1 Å². The molecule has 0 saturated heterocycles. The number of hydrogen-bond donors (Lipinski definition) is 0. The highest BCUT2D eigenvalue weighted by Crippen LogP contribution is 2.65. The van der Waals surface area contributed by atoms with Crippen molar-refractivity contribution < 1.29 is 0 Å². The van der Waals surface area contributed by atoms with Gasteiger partial charge in [0.1, 0.15) is 0 Å². The largest absolute Gasteiger partial charge is 0.310 e. The maximum absolute atomic E-state index is 4.04. The van der Waals surface area contributed by atoms with Crippen LogP contribution in [0.3, 0.4) is 0 Å². The molecular formula is C82H57N3. The van der Waals surface area contributed by atoms with Crippen molar-refractivity contribution in [3.05, 3.63) is 331 Å². The molecule has 2 atom stereocenters. The van der Waals surface area contributed by atoms with Crippen molar-refractivity contribution >= 4 is 72.3 Å². The number of fused-ring (bicyclic) bond motifs is 15. The summed E-state index contributed by atoms with van der Waals surface area (Å²) in [5.74, 6) is 0.415. The van der Waals surface area contributed by atoms with E-state index in [0.29, 0.717) is 5.92 Å². The number of para-hydroxylation sites is 3. The van der Waals surface area contributed by atoms with Gasteiger partial charge in [-0.1, -0.05) is 214 Å². The number of allylic oxidation sites excluding steroid dienone is 4.